The molecule has 1 aromatic carbocycles. The van der Waals surface area contributed by atoms with Crippen LogP contribution in [0.3, 0.4) is 0 Å². The third-order valence-electron chi connectivity index (χ3n) is 6.20. The van der Waals surface area contributed by atoms with Crippen LogP contribution in [-0.2, 0) is 27.2 Å². The third-order valence-corrected chi connectivity index (χ3v) is 6.20. The molecule has 0 radical (unpaired) electrons. The second kappa shape index (κ2) is 11.9. The molecule has 194 valence electrons. The predicted molar refractivity (Wildman–Crippen MR) is 139 cm³/mol. The number of benzene rings is 1. The molecular weight excluding hydrogens is 482 g/mol. The summed E-state index contributed by atoms with van der Waals surface area (Å²) in [6.07, 6.45) is 8.17. The highest BCUT2D eigenvalue weighted by Crippen LogP contribution is 2.25. The number of hydrogen-bond acceptors (Lipinski definition) is 7. The van der Waals surface area contributed by atoms with E-state index in [-0.39, 0.29) is 18.8 Å². The minimum absolute atomic E-state index is 0.116. The Balaban J connectivity index is 1.20. The molecule has 1 fully saturated rings. The molecule has 4 aromatic rings. The number of primary amides is 1. The lowest BCUT2D eigenvalue weighted by Crippen LogP contribution is -2.24. The SMILES string of the molecule is C[C@H](OC1CCCCO1)c1nccn1Cc1cc(-c2ccc(C#Cc3ccc(CC(N)=O)nc3)cc2)on1. The van der Waals surface area contributed by atoms with Gasteiger partial charge in [0.2, 0.25) is 5.91 Å². The van der Waals surface area contributed by atoms with Crippen molar-refractivity contribution in [2.45, 2.75) is 51.5 Å². The minimum atomic E-state index is -0.411. The van der Waals surface area contributed by atoms with Crippen LogP contribution in [-0.4, -0.2) is 38.5 Å². The van der Waals surface area contributed by atoms with Crippen LogP contribution in [0.5, 0.6) is 0 Å². The average Bonchev–Trinajstić information content (AvgIpc) is 3.59. The molecule has 1 aliphatic rings. The Morgan fingerprint density at radius 1 is 1.13 bits per heavy atom. The zero-order valence-corrected chi connectivity index (χ0v) is 21.2. The van der Waals surface area contributed by atoms with E-state index in [0.717, 1.165) is 54.1 Å². The highest BCUT2D eigenvalue weighted by molar-refractivity contribution is 5.76. The summed E-state index contributed by atoms with van der Waals surface area (Å²) in [5, 5.41) is 4.25. The highest BCUT2D eigenvalue weighted by Gasteiger charge is 2.21. The summed E-state index contributed by atoms with van der Waals surface area (Å²) >= 11 is 0. The van der Waals surface area contributed by atoms with Gasteiger partial charge in [0, 0.05) is 53.6 Å². The number of nitrogens with two attached hydrogens (primary N) is 1. The van der Waals surface area contributed by atoms with Crippen molar-refractivity contribution in [2.75, 3.05) is 6.61 Å². The minimum Gasteiger partial charge on any atom is -0.369 e. The molecule has 38 heavy (non-hydrogen) atoms. The Morgan fingerprint density at radius 2 is 1.95 bits per heavy atom. The van der Waals surface area contributed by atoms with Gasteiger partial charge < -0.3 is 24.3 Å². The first-order valence-corrected chi connectivity index (χ1v) is 12.6. The lowest BCUT2D eigenvalue weighted by Gasteiger charge is -2.26. The van der Waals surface area contributed by atoms with Gasteiger partial charge in [-0.2, -0.15) is 0 Å². The van der Waals surface area contributed by atoms with Crippen LogP contribution >= 0.6 is 0 Å². The van der Waals surface area contributed by atoms with Gasteiger partial charge in [-0.25, -0.2) is 4.98 Å². The second-order valence-electron chi connectivity index (χ2n) is 9.18. The van der Waals surface area contributed by atoms with Crippen molar-refractivity contribution in [2.24, 2.45) is 5.73 Å². The smallest absolute Gasteiger partial charge is 0.223 e. The van der Waals surface area contributed by atoms with Gasteiger partial charge in [0.05, 0.1) is 13.0 Å². The van der Waals surface area contributed by atoms with E-state index < -0.39 is 5.91 Å². The number of rotatable bonds is 8. The van der Waals surface area contributed by atoms with Gasteiger partial charge in [0.15, 0.2) is 12.1 Å². The first-order chi connectivity index (χ1) is 18.5. The maximum atomic E-state index is 11.0. The number of pyridine rings is 1. The van der Waals surface area contributed by atoms with Crippen LogP contribution < -0.4 is 5.73 Å². The summed E-state index contributed by atoms with van der Waals surface area (Å²) in [7, 11) is 0. The number of amides is 1. The van der Waals surface area contributed by atoms with E-state index >= 15 is 0 Å². The Kier molecular flexibility index (Phi) is 7.92. The summed E-state index contributed by atoms with van der Waals surface area (Å²) in [4.78, 5) is 19.7. The molecule has 5 rings (SSSR count). The molecule has 1 aliphatic heterocycles. The van der Waals surface area contributed by atoms with Gasteiger partial charge in [-0.3, -0.25) is 9.78 Å². The summed E-state index contributed by atoms with van der Waals surface area (Å²) in [6.45, 7) is 3.25. The van der Waals surface area contributed by atoms with Crippen molar-refractivity contribution >= 4 is 5.91 Å². The van der Waals surface area contributed by atoms with E-state index in [4.69, 9.17) is 19.7 Å². The summed E-state index contributed by atoms with van der Waals surface area (Å²) in [6, 6.07) is 13.3. The van der Waals surface area contributed by atoms with E-state index in [9.17, 15) is 4.79 Å². The molecule has 1 amide bonds. The van der Waals surface area contributed by atoms with Crippen LogP contribution in [0, 0.1) is 11.8 Å². The third kappa shape index (κ3) is 6.54. The monoisotopic (exact) mass is 511 g/mol. The van der Waals surface area contributed by atoms with E-state index in [2.05, 4.69) is 27.0 Å². The highest BCUT2D eigenvalue weighted by atomic mass is 16.7. The van der Waals surface area contributed by atoms with E-state index in [0.29, 0.717) is 18.0 Å². The standard InChI is InChI=1S/C29H29N5O4/c1-20(37-28-4-2-3-15-36-28)29-31-13-14-34(29)19-25-16-26(38-33-25)23-10-7-21(8-11-23)5-6-22-9-12-24(32-18-22)17-27(30)35/h7-14,16,18,20,28H,2-4,15,17,19H2,1H3,(H2,30,35)/t20-,28?/m0/s1. The summed E-state index contributed by atoms with van der Waals surface area (Å²) < 4.78 is 19.4. The van der Waals surface area contributed by atoms with Crippen LogP contribution in [0.15, 0.2) is 65.6 Å². The Labute approximate surface area is 221 Å². The molecule has 3 aromatic heterocycles. The quantitative estimate of drug-likeness (QED) is 0.355. The number of nitrogens with zero attached hydrogens (tertiary/aromatic N) is 4. The molecular formula is C29H29N5O4. The molecule has 0 saturated carbocycles. The summed E-state index contributed by atoms with van der Waals surface area (Å²) in [5.74, 6) is 7.29. The largest absolute Gasteiger partial charge is 0.369 e. The molecule has 2 atom stereocenters. The van der Waals surface area contributed by atoms with Gasteiger partial charge in [0.1, 0.15) is 17.6 Å². The Hall–Kier alpha value is -4.26. The zero-order chi connectivity index (χ0) is 26.3. The van der Waals surface area contributed by atoms with Crippen molar-refractivity contribution in [1.82, 2.24) is 19.7 Å². The normalized spacial score (nSPS) is 16.0. The fourth-order valence-corrected chi connectivity index (χ4v) is 4.26. The second-order valence-corrected chi connectivity index (χ2v) is 9.18. The van der Waals surface area contributed by atoms with Crippen LogP contribution in [0.25, 0.3) is 11.3 Å². The first kappa shape index (κ1) is 25.4. The average molecular weight is 512 g/mol. The van der Waals surface area contributed by atoms with Crippen molar-refractivity contribution < 1.29 is 18.8 Å². The molecule has 1 unspecified atom stereocenters. The maximum absolute atomic E-state index is 11.0. The molecule has 9 nitrogen and oxygen atoms in total. The van der Waals surface area contributed by atoms with Crippen molar-refractivity contribution in [3.63, 3.8) is 0 Å². The maximum Gasteiger partial charge on any atom is 0.223 e. The number of ether oxygens (including phenoxy) is 2. The van der Waals surface area contributed by atoms with Gasteiger partial charge in [-0.05, 0) is 62.6 Å². The van der Waals surface area contributed by atoms with Crippen molar-refractivity contribution in [3.8, 4) is 23.2 Å². The molecule has 1 saturated heterocycles. The number of carbonyl (C=O) groups is 1. The van der Waals surface area contributed by atoms with Crippen molar-refractivity contribution in [3.05, 3.63) is 89.4 Å². The molecule has 0 spiro atoms. The summed E-state index contributed by atoms with van der Waals surface area (Å²) in [5.41, 5.74) is 9.13. The number of carbonyl (C=O) groups excluding carboxylic acids is 1. The zero-order valence-electron chi connectivity index (χ0n) is 21.2. The van der Waals surface area contributed by atoms with Gasteiger partial charge >= 0.3 is 0 Å². The van der Waals surface area contributed by atoms with E-state index in [1.54, 1.807) is 18.5 Å². The van der Waals surface area contributed by atoms with Crippen LogP contribution in [0.2, 0.25) is 0 Å². The predicted octanol–water partition coefficient (Wildman–Crippen LogP) is 4.01. The molecule has 9 heteroatoms. The lowest BCUT2D eigenvalue weighted by atomic mass is 10.1. The molecule has 0 bridgehead atoms. The first-order valence-electron chi connectivity index (χ1n) is 12.6. The molecule has 2 N–H and O–H groups in total. The number of hydrogen-bond donors (Lipinski definition) is 1. The van der Waals surface area contributed by atoms with Crippen LogP contribution in [0.1, 0.15) is 60.6 Å². The van der Waals surface area contributed by atoms with E-state index in [1.165, 1.54) is 0 Å². The fraction of sp³-hybridized carbons (Fsp3) is 0.310. The Bertz CT molecular complexity index is 1420. The van der Waals surface area contributed by atoms with E-state index in [1.807, 2.05) is 54.1 Å². The van der Waals surface area contributed by atoms with Crippen LogP contribution in [0.4, 0.5) is 0 Å². The van der Waals surface area contributed by atoms with Gasteiger partial charge in [0.25, 0.3) is 0 Å². The van der Waals surface area contributed by atoms with Gasteiger partial charge in [-0.1, -0.05) is 17.0 Å². The lowest BCUT2D eigenvalue weighted by molar-refractivity contribution is -0.188. The van der Waals surface area contributed by atoms with Gasteiger partial charge in [-0.15, -0.1) is 0 Å². The van der Waals surface area contributed by atoms with Crippen molar-refractivity contribution in [1.29, 1.82) is 0 Å². The number of imidazole rings is 1. The molecule has 0 aliphatic carbocycles. The number of aromatic nitrogens is 4. The topological polar surface area (TPSA) is 118 Å². The fourth-order valence-electron chi connectivity index (χ4n) is 4.26. The Morgan fingerprint density at radius 3 is 2.68 bits per heavy atom. The molecule has 4 heterocycles.